The van der Waals surface area contributed by atoms with Crippen molar-refractivity contribution < 1.29 is 19.1 Å². The van der Waals surface area contributed by atoms with E-state index in [0.29, 0.717) is 24.0 Å². The number of ether oxygens (including phenoxy) is 2. The van der Waals surface area contributed by atoms with Crippen molar-refractivity contribution in [3.63, 3.8) is 0 Å². The maximum absolute atomic E-state index is 11.9. The van der Waals surface area contributed by atoms with Gasteiger partial charge in [-0.2, -0.15) is 0 Å². The third kappa shape index (κ3) is 5.15. The van der Waals surface area contributed by atoms with Crippen LogP contribution in [0.25, 0.3) is 0 Å². The Labute approximate surface area is 142 Å². The minimum absolute atomic E-state index is 0.212. The Morgan fingerprint density at radius 1 is 1.12 bits per heavy atom. The molecule has 0 unspecified atom stereocenters. The molecule has 132 valence electrons. The van der Waals surface area contributed by atoms with Crippen LogP contribution in [0.2, 0.25) is 0 Å². The van der Waals surface area contributed by atoms with E-state index < -0.39 is 11.8 Å². The zero-order valence-electron chi connectivity index (χ0n) is 14.4. The van der Waals surface area contributed by atoms with Crippen molar-refractivity contribution >= 4 is 11.8 Å². The highest BCUT2D eigenvalue weighted by atomic mass is 16.7. The standard InChI is InChI=1S/C18H26N2O4/c1-3-5-6-13(4-2)10-19-17(21)18(22)20-11-14-7-8-15-16(9-14)24-12-23-15/h7-9,13H,3-6,10-12H2,1-2H3,(H,19,21)(H,20,22)/t13-/m0/s1. The lowest BCUT2D eigenvalue weighted by molar-refractivity contribution is -0.139. The van der Waals surface area contributed by atoms with E-state index in [4.69, 9.17) is 9.47 Å². The topological polar surface area (TPSA) is 76.7 Å². The summed E-state index contributed by atoms with van der Waals surface area (Å²) in [6.07, 6.45) is 4.36. The first kappa shape index (κ1) is 18.1. The lowest BCUT2D eigenvalue weighted by Gasteiger charge is -2.15. The monoisotopic (exact) mass is 334 g/mol. The molecular formula is C18H26N2O4. The molecule has 0 radical (unpaired) electrons. The Hall–Kier alpha value is -2.24. The maximum Gasteiger partial charge on any atom is 0.309 e. The van der Waals surface area contributed by atoms with Crippen LogP contribution < -0.4 is 20.1 Å². The Bertz CT molecular complexity index is 574. The fourth-order valence-corrected chi connectivity index (χ4v) is 2.57. The van der Waals surface area contributed by atoms with Crippen LogP contribution in [0.15, 0.2) is 18.2 Å². The van der Waals surface area contributed by atoms with Gasteiger partial charge in [-0.15, -0.1) is 0 Å². The number of unbranched alkanes of at least 4 members (excludes halogenated alkanes) is 1. The summed E-state index contributed by atoms with van der Waals surface area (Å²) in [5.41, 5.74) is 0.856. The summed E-state index contributed by atoms with van der Waals surface area (Å²) in [4.78, 5) is 23.8. The van der Waals surface area contributed by atoms with Crippen LogP contribution in [0.5, 0.6) is 11.5 Å². The van der Waals surface area contributed by atoms with Gasteiger partial charge in [0.2, 0.25) is 6.79 Å². The molecule has 1 aliphatic heterocycles. The number of rotatable bonds is 8. The summed E-state index contributed by atoms with van der Waals surface area (Å²) >= 11 is 0. The molecule has 2 amide bonds. The molecule has 0 saturated carbocycles. The van der Waals surface area contributed by atoms with E-state index in [1.807, 2.05) is 6.07 Å². The molecule has 1 aliphatic rings. The highest BCUT2D eigenvalue weighted by Gasteiger charge is 2.16. The van der Waals surface area contributed by atoms with Crippen LogP contribution in [0.3, 0.4) is 0 Å². The first-order chi connectivity index (χ1) is 11.6. The quantitative estimate of drug-likeness (QED) is 0.716. The van der Waals surface area contributed by atoms with Crippen LogP contribution in [0.1, 0.15) is 45.1 Å². The van der Waals surface area contributed by atoms with E-state index in [0.717, 1.165) is 31.2 Å². The van der Waals surface area contributed by atoms with Gasteiger partial charge in [-0.25, -0.2) is 0 Å². The average Bonchev–Trinajstić information content (AvgIpc) is 3.07. The molecule has 0 spiro atoms. The maximum atomic E-state index is 11.9. The van der Waals surface area contributed by atoms with Crippen molar-refractivity contribution in [1.82, 2.24) is 10.6 Å². The highest BCUT2D eigenvalue weighted by molar-refractivity contribution is 6.35. The van der Waals surface area contributed by atoms with Gasteiger partial charge in [0.15, 0.2) is 11.5 Å². The average molecular weight is 334 g/mol. The number of hydrogen-bond donors (Lipinski definition) is 2. The van der Waals surface area contributed by atoms with E-state index in [1.54, 1.807) is 12.1 Å². The normalized spacial score (nSPS) is 13.4. The van der Waals surface area contributed by atoms with Crippen molar-refractivity contribution in [1.29, 1.82) is 0 Å². The Morgan fingerprint density at radius 2 is 1.88 bits per heavy atom. The summed E-state index contributed by atoms with van der Waals surface area (Å²) < 4.78 is 10.5. The van der Waals surface area contributed by atoms with Gasteiger partial charge in [-0.3, -0.25) is 9.59 Å². The zero-order chi connectivity index (χ0) is 17.4. The van der Waals surface area contributed by atoms with E-state index in [1.165, 1.54) is 0 Å². The molecule has 6 heteroatoms. The molecule has 1 aromatic rings. The molecule has 6 nitrogen and oxygen atoms in total. The fraction of sp³-hybridized carbons (Fsp3) is 0.556. The minimum atomic E-state index is -0.613. The number of hydrogen-bond acceptors (Lipinski definition) is 4. The largest absolute Gasteiger partial charge is 0.454 e. The van der Waals surface area contributed by atoms with Gasteiger partial charge in [0.1, 0.15) is 0 Å². The van der Waals surface area contributed by atoms with Crippen molar-refractivity contribution in [2.24, 2.45) is 5.92 Å². The van der Waals surface area contributed by atoms with Gasteiger partial charge in [0, 0.05) is 13.1 Å². The summed E-state index contributed by atoms with van der Waals surface area (Å²) in [6, 6.07) is 5.44. The Kier molecular flexibility index (Phi) is 6.90. The van der Waals surface area contributed by atoms with E-state index in [2.05, 4.69) is 24.5 Å². The molecule has 1 aromatic carbocycles. The van der Waals surface area contributed by atoms with Gasteiger partial charge in [-0.05, 0) is 30.0 Å². The summed E-state index contributed by atoms with van der Waals surface area (Å²) in [6.45, 7) is 5.29. The molecule has 2 N–H and O–H groups in total. The molecule has 24 heavy (non-hydrogen) atoms. The van der Waals surface area contributed by atoms with Crippen LogP contribution in [-0.2, 0) is 16.1 Å². The van der Waals surface area contributed by atoms with Crippen LogP contribution in [0.4, 0.5) is 0 Å². The first-order valence-corrected chi connectivity index (χ1v) is 8.58. The van der Waals surface area contributed by atoms with Crippen molar-refractivity contribution in [2.45, 2.75) is 46.1 Å². The third-order valence-corrected chi connectivity index (χ3v) is 4.19. The van der Waals surface area contributed by atoms with E-state index in [9.17, 15) is 9.59 Å². The smallest absolute Gasteiger partial charge is 0.309 e. The van der Waals surface area contributed by atoms with Gasteiger partial charge >= 0.3 is 11.8 Å². The second-order valence-corrected chi connectivity index (χ2v) is 6.00. The van der Waals surface area contributed by atoms with Crippen molar-refractivity contribution in [3.8, 4) is 11.5 Å². The second-order valence-electron chi connectivity index (χ2n) is 6.00. The molecule has 1 heterocycles. The summed E-state index contributed by atoms with van der Waals surface area (Å²) in [7, 11) is 0. The minimum Gasteiger partial charge on any atom is -0.454 e. The first-order valence-electron chi connectivity index (χ1n) is 8.58. The molecule has 0 bridgehead atoms. The van der Waals surface area contributed by atoms with Crippen LogP contribution >= 0.6 is 0 Å². The molecule has 2 rings (SSSR count). The van der Waals surface area contributed by atoms with Gasteiger partial charge in [0.25, 0.3) is 0 Å². The van der Waals surface area contributed by atoms with Crippen LogP contribution in [-0.4, -0.2) is 25.2 Å². The summed E-state index contributed by atoms with van der Waals surface area (Å²) in [5, 5.41) is 5.35. The predicted octanol–water partition coefficient (Wildman–Crippen LogP) is 2.36. The highest BCUT2D eigenvalue weighted by Crippen LogP contribution is 2.32. The lowest BCUT2D eigenvalue weighted by atomic mass is 9.99. The van der Waals surface area contributed by atoms with Gasteiger partial charge < -0.3 is 20.1 Å². The Morgan fingerprint density at radius 3 is 2.62 bits per heavy atom. The van der Waals surface area contributed by atoms with Crippen molar-refractivity contribution in [2.75, 3.05) is 13.3 Å². The molecule has 1 atom stereocenters. The molecule has 0 aromatic heterocycles. The second kappa shape index (κ2) is 9.15. The molecule has 0 fully saturated rings. The number of amides is 2. The Balaban J connectivity index is 1.74. The lowest BCUT2D eigenvalue weighted by Crippen LogP contribution is -2.41. The number of fused-ring (bicyclic) bond motifs is 1. The predicted molar refractivity (Wildman–Crippen MR) is 90.7 cm³/mol. The molecular weight excluding hydrogens is 308 g/mol. The molecule has 0 aliphatic carbocycles. The number of carbonyl (C=O) groups excluding carboxylic acids is 2. The summed E-state index contributed by atoms with van der Waals surface area (Å²) in [5.74, 6) is 0.590. The number of nitrogens with one attached hydrogen (secondary N) is 2. The zero-order valence-corrected chi connectivity index (χ0v) is 14.4. The van der Waals surface area contributed by atoms with Crippen LogP contribution in [0, 0.1) is 5.92 Å². The number of carbonyl (C=O) groups is 2. The SMILES string of the molecule is CCCC[C@H](CC)CNC(=O)C(=O)NCc1ccc2c(c1)OCO2. The van der Waals surface area contributed by atoms with Gasteiger partial charge in [-0.1, -0.05) is 39.2 Å². The van der Waals surface area contributed by atoms with E-state index >= 15 is 0 Å². The van der Waals surface area contributed by atoms with Gasteiger partial charge in [0.05, 0.1) is 0 Å². The van der Waals surface area contributed by atoms with Crippen molar-refractivity contribution in [3.05, 3.63) is 23.8 Å². The number of benzene rings is 1. The third-order valence-electron chi connectivity index (χ3n) is 4.19. The molecule has 0 saturated heterocycles. The van der Waals surface area contributed by atoms with E-state index in [-0.39, 0.29) is 13.3 Å². The fourth-order valence-electron chi connectivity index (χ4n) is 2.57.